The largest absolute Gasteiger partial charge is 0.344 e. The van der Waals surface area contributed by atoms with E-state index in [2.05, 4.69) is 208 Å². The molecule has 1 aliphatic rings. The van der Waals surface area contributed by atoms with Gasteiger partial charge in [0.2, 0.25) is 7.14 Å². The van der Waals surface area contributed by atoms with Gasteiger partial charge in [0.05, 0.1) is 30.3 Å². The first-order valence-electron chi connectivity index (χ1n) is 23.2. The molecule has 0 saturated heterocycles. The van der Waals surface area contributed by atoms with Gasteiger partial charge in [-0.3, -0.25) is 4.57 Å². The summed E-state index contributed by atoms with van der Waals surface area (Å²) in [5.41, 5.74) is 19.8. The molecule has 0 saturated carbocycles. The fraction of sp³-hybridized carbons (Fsp3) is 0.183. The average Bonchev–Trinajstić information content (AvgIpc) is 4.07. The van der Waals surface area contributed by atoms with Gasteiger partial charge in [0, 0.05) is 63.0 Å². The van der Waals surface area contributed by atoms with Crippen LogP contribution in [0.15, 0.2) is 127 Å². The number of anilines is 4. The Balaban J connectivity index is 1.06. The van der Waals surface area contributed by atoms with Gasteiger partial charge in [0.15, 0.2) is 0 Å². The van der Waals surface area contributed by atoms with E-state index in [9.17, 15) is 0 Å². The van der Waals surface area contributed by atoms with E-state index in [1.807, 2.05) is 28.7 Å². The third-order valence-electron chi connectivity index (χ3n) is 13.8. The van der Waals surface area contributed by atoms with Crippen molar-refractivity contribution in [3.63, 3.8) is 0 Å². The zero-order chi connectivity index (χ0) is 47.5. The maximum Gasteiger partial charge on any atom is 0.235 e. The molecule has 8 heteroatoms. The predicted octanol–water partition coefficient (Wildman–Crippen LogP) is 16.9. The van der Waals surface area contributed by atoms with Crippen LogP contribution in [0, 0.1) is 68.2 Å². The number of benzene rings is 6. The van der Waals surface area contributed by atoms with Crippen molar-refractivity contribution >= 4 is 110 Å². The van der Waals surface area contributed by atoms with Crippen LogP contribution in [0.2, 0.25) is 0 Å². The average molecular weight is 978 g/mol. The van der Waals surface area contributed by atoms with Crippen molar-refractivity contribution in [2.75, 3.05) is 23.9 Å². The highest BCUT2D eigenvalue weighted by atomic mass is 32.1. The summed E-state index contributed by atoms with van der Waals surface area (Å²) in [5.74, 6) is 1.24. The van der Waals surface area contributed by atoms with Crippen LogP contribution in [0.4, 0.5) is 22.7 Å². The molecule has 5 heterocycles. The van der Waals surface area contributed by atoms with Crippen LogP contribution in [0.5, 0.6) is 0 Å². The fourth-order valence-corrected chi connectivity index (χ4v) is 21.5. The van der Waals surface area contributed by atoms with Crippen LogP contribution >= 0.6 is 52.5 Å². The first kappa shape index (κ1) is 44.8. The summed E-state index contributed by atoms with van der Waals surface area (Å²) in [6.07, 6.45) is 0. The van der Waals surface area contributed by atoms with Gasteiger partial charge < -0.3 is 9.80 Å². The number of fused-ring (bicyclic) bond motifs is 6. The van der Waals surface area contributed by atoms with Gasteiger partial charge in [-0.25, -0.2) is 0 Å². The van der Waals surface area contributed by atoms with E-state index in [1.165, 1.54) is 103 Å². The molecule has 0 radical (unpaired) electrons. The summed E-state index contributed by atoms with van der Waals surface area (Å²) in [6, 6.07) is 46.7. The summed E-state index contributed by atoms with van der Waals surface area (Å²) < 4.78 is 21.8. The number of hydrogen-bond acceptors (Lipinski definition) is 7. The molecular weight excluding hydrogens is 924 g/mol. The molecule has 0 spiro atoms. The molecule has 6 aromatic carbocycles. The smallest absolute Gasteiger partial charge is 0.235 e. The minimum atomic E-state index is -3.42. The molecule has 68 heavy (non-hydrogen) atoms. The molecule has 1 aliphatic heterocycles. The summed E-state index contributed by atoms with van der Waals surface area (Å²) in [7, 11) is 0.900. The lowest BCUT2D eigenvalue weighted by Gasteiger charge is -2.26. The van der Waals surface area contributed by atoms with Crippen molar-refractivity contribution in [1.82, 2.24) is 0 Å². The molecule has 0 amide bonds. The van der Waals surface area contributed by atoms with Crippen molar-refractivity contribution < 1.29 is 4.57 Å². The third kappa shape index (κ3) is 7.15. The van der Waals surface area contributed by atoms with E-state index < -0.39 is 7.14 Å². The lowest BCUT2D eigenvalue weighted by Crippen LogP contribution is -2.34. The summed E-state index contributed by atoms with van der Waals surface area (Å²) in [5, 5.41) is 2.91. The number of aryl methyl sites for hydroxylation is 9. The van der Waals surface area contributed by atoms with Crippen molar-refractivity contribution in [2.45, 2.75) is 62.3 Å². The van der Waals surface area contributed by atoms with Crippen molar-refractivity contribution in [3.05, 3.63) is 199 Å². The SMILES string of the molecule is Cc1cc(C)c([C+]2c3sc4cc(-c5ccc(N(C)c6c(C)cc(C)cc6C)cc5)sc4c3P(=O)(c3ccccc3)c3c2sc2cc(-c4ccc(N(C)c5c(C)cc(C)cc5C)cc4)sc32)c(C)c1. The Morgan fingerprint density at radius 3 is 1.19 bits per heavy atom. The Hall–Kier alpha value is -5.66. The Morgan fingerprint density at radius 2 is 0.809 bits per heavy atom. The molecule has 0 atom stereocenters. The topological polar surface area (TPSA) is 23.6 Å². The van der Waals surface area contributed by atoms with Gasteiger partial charge in [0.25, 0.3) is 0 Å². The quantitative estimate of drug-likeness (QED) is 0.112. The Morgan fingerprint density at radius 1 is 0.441 bits per heavy atom. The standard InChI is InChI=1S/C60H54N2OPS4/c1-33-25-36(4)51(37(5)26-33)52-59-55(57-49(67-59)31-47(65-57)42-17-21-44(22-18-42)61(10)53-38(6)27-34(2)28-39(53)7)64(63,46-15-13-12-14-16-46)56-58-50(68-60(52)56)32-48(66-58)43-19-23-45(24-20-43)62(11)54-40(8)29-35(3)30-41(54)9/h12-32H,1-11H3/q+1. The molecule has 338 valence electrons. The van der Waals surface area contributed by atoms with Gasteiger partial charge in [-0.05, 0) is 162 Å². The van der Waals surface area contributed by atoms with Crippen LogP contribution < -0.4 is 25.7 Å². The molecule has 3 nitrogen and oxygen atoms in total. The number of thiophene rings is 4. The first-order valence-corrected chi connectivity index (χ1v) is 28.2. The van der Waals surface area contributed by atoms with E-state index in [1.54, 1.807) is 22.7 Å². The third-order valence-corrected chi connectivity index (χ3v) is 22.6. The molecule has 0 unspecified atom stereocenters. The van der Waals surface area contributed by atoms with Crippen molar-refractivity contribution in [3.8, 4) is 20.9 Å². The van der Waals surface area contributed by atoms with Crippen LogP contribution in [0.25, 0.3) is 39.7 Å². The molecule has 0 fully saturated rings. The van der Waals surface area contributed by atoms with Gasteiger partial charge >= 0.3 is 0 Å². The number of hydrogen-bond donors (Lipinski definition) is 0. The Labute approximate surface area is 417 Å². The first-order chi connectivity index (χ1) is 32.6. The van der Waals surface area contributed by atoms with Gasteiger partial charge in [-0.2, -0.15) is 0 Å². The van der Waals surface area contributed by atoms with Gasteiger partial charge in [-0.1, -0.05) is 77.9 Å². The summed E-state index contributed by atoms with van der Waals surface area (Å²) in [6.45, 7) is 19.8. The second-order valence-corrected chi connectivity index (χ2v) is 25.8. The van der Waals surface area contributed by atoms with Gasteiger partial charge in [-0.15, -0.1) is 45.3 Å². The molecule has 0 bridgehead atoms. The van der Waals surface area contributed by atoms with E-state index in [0.717, 1.165) is 46.4 Å². The lowest BCUT2D eigenvalue weighted by molar-refractivity contribution is 0.592. The molecule has 11 rings (SSSR count). The molecule has 10 aromatic rings. The van der Waals surface area contributed by atoms with Crippen LogP contribution in [0.3, 0.4) is 0 Å². The molecular formula is C60H54N2OPS4+. The van der Waals surface area contributed by atoms with Crippen LogP contribution in [-0.2, 0) is 4.57 Å². The van der Waals surface area contributed by atoms with E-state index >= 15 is 4.57 Å². The lowest BCUT2D eigenvalue weighted by atomic mass is 9.87. The zero-order valence-corrected chi connectivity index (χ0v) is 44.7. The minimum Gasteiger partial charge on any atom is -0.344 e. The minimum absolute atomic E-state index is 0.895. The molecule has 0 aliphatic carbocycles. The van der Waals surface area contributed by atoms with E-state index in [-0.39, 0.29) is 0 Å². The second-order valence-electron chi connectivity index (χ2n) is 19.0. The van der Waals surface area contributed by atoms with Gasteiger partial charge in [0.1, 0.15) is 20.4 Å². The fourth-order valence-electron chi connectivity index (χ4n) is 11.2. The molecule has 4 aromatic heterocycles. The Bertz CT molecular complexity index is 3420. The van der Waals surface area contributed by atoms with E-state index in [0.29, 0.717) is 0 Å². The highest BCUT2D eigenvalue weighted by molar-refractivity contribution is 7.88. The number of nitrogens with zero attached hydrogens (tertiary/aromatic N) is 2. The summed E-state index contributed by atoms with van der Waals surface area (Å²) in [4.78, 5) is 9.29. The van der Waals surface area contributed by atoms with E-state index in [4.69, 9.17) is 0 Å². The zero-order valence-electron chi connectivity index (χ0n) is 40.5. The number of rotatable bonds is 8. The normalized spacial score (nSPS) is 13.1. The second kappa shape index (κ2) is 16.8. The van der Waals surface area contributed by atoms with Crippen molar-refractivity contribution in [2.24, 2.45) is 0 Å². The maximum atomic E-state index is 17.2. The summed E-state index contributed by atoms with van der Waals surface area (Å²) >= 11 is 7.25. The molecule has 0 N–H and O–H groups in total. The van der Waals surface area contributed by atoms with Crippen LogP contribution in [-0.4, -0.2) is 14.1 Å². The Kier molecular flexibility index (Phi) is 11.1. The van der Waals surface area contributed by atoms with Crippen LogP contribution in [0.1, 0.15) is 65.4 Å². The predicted molar refractivity (Wildman–Crippen MR) is 302 cm³/mol. The monoisotopic (exact) mass is 977 g/mol. The highest BCUT2D eigenvalue weighted by Gasteiger charge is 2.54. The highest BCUT2D eigenvalue weighted by Crippen LogP contribution is 2.62. The maximum absolute atomic E-state index is 17.2. The van der Waals surface area contributed by atoms with Crippen molar-refractivity contribution in [1.29, 1.82) is 0 Å².